The van der Waals surface area contributed by atoms with Gasteiger partial charge in [0, 0.05) is 0 Å². The summed E-state index contributed by atoms with van der Waals surface area (Å²) in [6, 6.07) is 16.0. The summed E-state index contributed by atoms with van der Waals surface area (Å²) in [7, 11) is 0. The Bertz CT molecular complexity index is 532. The number of ether oxygens (including phenoxy) is 2. The highest BCUT2D eigenvalue weighted by Gasteiger charge is 2.05. The molecule has 0 aliphatic heterocycles. The van der Waals surface area contributed by atoms with Crippen LogP contribution in [0.4, 0.5) is 4.79 Å². The van der Waals surface area contributed by atoms with Crippen molar-refractivity contribution in [3.63, 3.8) is 0 Å². The summed E-state index contributed by atoms with van der Waals surface area (Å²) in [6.45, 7) is 4.68. The van der Waals surface area contributed by atoms with Gasteiger partial charge in [-0.05, 0) is 35.1 Å². The van der Waals surface area contributed by atoms with Crippen molar-refractivity contribution in [1.29, 1.82) is 0 Å². The Kier molecular flexibility index (Phi) is 6.01. The molecule has 0 unspecified atom stereocenters. The molecular formula is C19H22O3. The smallest absolute Gasteiger partial charge is 0.429 e. The number of carbonyl (C=O) groups excluding carboxylic acids is 1. The second-order valence-electron chi connectivity index (χ2n) is 5.17. The van der Waals surface area contributed by atoms with Gasteiger partial charge in [-0.3, -0.25) is 0 Å². The minimum absolute atomic E-state index is 0.234. The Morgan fingerprint density at radius 1 is 0.682 bits per heavy atom. The van der Waals surface area contributed by atoms with Crippen LogP contribution in [0.1, 0.15) is 36.1 Å². The molecule has 0 fully saturated rings. The average Bonchev–Trinajstić information content (AvgIpc) is 2.59. The summed E-state index contributed by atoms with van der Waals surface area (Å²) in [5.41, 5.74) is 4.45. The van der Waals surface area contributed by atoms with Gasteiger partial charge in [-0.2, -0.15) is 0 Å². The highest BCUT2D eigenvalue weighted by molar-refractivity contribution is 5.60. The molecule has 116 valence electrons. The zero-order valence-corrected chi connectivity index (χ0v) is 13.2. The van der Waals surface area contributed by atoms with Gasteiger partial charge >= 0.3 is 6.16 Å². The lowest BCUT2D eigenvalue weighted by molar-refractivity contribution is 0.0446. The average molecular weight is 298 g/mol. The van der Waals surface area contributed by atoms with E-state index < -0.39 is 6.16 Å². The molecule has 0 aliphatic rings. The number of benzene rings is 2. The third-order valence-corrected chi connectivity index (χ3v) is 3.58. The summed E-state index contributed by atoms with van der Waals surface area (Å²) in [4.78, 5) is 11.6. The first-order valence-electron chi connectivity index (χ1n) is 7.66. The first-order chi connectivity index (χ1) is 10.7. The van der Waals surface area contributed by atoms with Gasteiger partial charge in [-0.25, -0.2) is 4.79 Å². The predicted octanol–water partition coefficient (Wildman–Crippen LogP) is 4.66. The van der Waals surface area contributed by atoms with E-state index in [0.717, 1.165) is 24.0 Å². The van der Waals surface area contributed by atoms with Crippen LogP contribution in [-0.2, 0) is 35.5 Å². The molecule has 0 aromatic heterocycles. The van der Waals surface area contributed by atoms with Crippen molar-refractivity contribution in [2.45, 2.75) is 39.9 Å². The van der Waals surface area contributed by atoms with Crippen molar-refractivity contribution in [2.75, 3.05) is 0 Å². The van der Waals surface area contributed by atoms with Gasteiger partial charge in [-0.1, -0.05) is 62.4 Å². The Morgan fingerprint density at radius 3 is 1.32 bits per heavy atom. The molecule has 2 aromatic carbocycles. The number of hydrogen-bond donors (Lipinski definition) is 0. The maximum atomic E-state index is 11.6. The minimum atomic E-state index is -0.640. The lowest BCUT2D eigenvalue weighted by atomic mass is 10.1. The van der Waals surface area contributed by atoms with Crippen LogP contribution in [0.5, 0.6) is 0 Å². The third-order valence-electron chi connectivity index (χ3n) is 3.58. The minimum Gasteiger partial charge on any atom is -0.429 e. The van der Waals surface area contributed by atoms with Gasteiger partial charge in [0.2, 0.25) is 0 Å². The summed E-state index contributed by atoms with van der Waals surface area (Å²) in [6.07, 6.45) is 1.36. The lowest BCUT2D eigenvalue weighted by Gasteiger charge is -2.07. The Hall–Kier alpha value is -2.29. The molecule has 0 radical (unpaired) electrons. The fourth-order valence-electron chi connectivity index (χ4n) is 2.07. The lowest BCUT2D eigenvalue weighted by Crippen LogP contribution is -2.07. The largest absolute Gasteiger partial charge is 0.508 e. The number of hydrogen-bond acceptors (Lipinski definition) is 3. The van der Waals surface area contributed by atoms with E-state index in [1.165, 1.54) is 11.1 Å². The molecule has 0 aliphatic carbocycles. The molecular weight excluding hydrogens is 276 g/mol. The molecule has 0 atom stereocenters. The van der Waals surface area contributed by atoms with Crippen LogP contribution in [0.25, 0.3) is 0 Å². The summed E-state index contributed by atoms with van der Waals surface area (Å²) in [5.74, 6) is 0. The maximum Gasteiger partial charge on any atom is 0.508 e. The normalized spacial score (nSPS) is 10.3. The summed E-state index contributed by atoms with van der Waals surface area (Å²) in [5, 5.41) is 0. The Morgan fingerprint density at radius 2 is 1.00 bits per heavy atom. The molecule has 0 saturated heterocycles. The monoisotopic (exact) mass is 298 g/mol. The van der Waals surface area contributed by atoms with Crippen LogP contribution >= 0.6 is 0 Å². The fourth-order valence-corrected chi connectivity index (χ4v) is 2.07. The highest BCUT2D eigenvalue weighted by Crippen LogP contribution is 2.09. The fraction of sp³-hybridized carbons (Fsp3) is 0.316. The second kappa shape index (κ2) is 8.23. The second-order valence-corrected chi connectivity index (χ2v) is 5.17. The van der Waals surface area contributed by atoms with Crippen molar-refractivity contribution in [3.8, 4) is 0 Å². The Labute approximate surface area is 131 Å². The van der Waals surface area contributed by atoms with Crippen LogP contribution in [0.3, 0.4) is 0 Å². The molecule has 0 N–H and O–H groups in total. The van der Waals surface area contributed by atoms with Crippen molar-refractivity contribution in [3.05, 3.63) is 70.8 Å². The zero-order valence-electron chi connectivity index (χ0n) is 13.2. The van der Waals surface area contributed by atoms with Crippen molar-refractivity contribution >= 4 is 6.16 Å². The predicted molar refractivity (Wildman–Crippen MR) is 86.6 cm³/mol. The van der Waals surface area contributed by atoms with Crippen LogP contribution in [0.15, 0.2) is 48.5 Å². The molecule has 0 saturated carbocycles. The van der Waals surface area contributed by atoms with E-state index in [4.69, 9.17) is 9.47 Å². The number of rotatable bonds is 6. The van der Waals surface area contributed by atoms with Crippen LogP contribution < -0.4 is 0 Å². The first-order valence-corrected chi connectivity index (χ1v) is 7.66. The van der Waals surface area contributed by atoms with Crippen LogP contribution in [0.2, 0.25) is 0 Å². The topological polar surface area (TPSA) is 35.5 Å². The van der Waals surface area contributed by atoms with E-state index in [9.17, 15) is 4.79 Å². The summed E-state index contributed by atoms with van der Waals surface area (Å²) < 4.78 is 10.2. The van der Waals surface area contributed by atoms with Gasteiger partial charge in [0.15, 0.2) is 0 Å². The molecule has 3 heteroatoms. The first kappa shape index (κ1) is 16.1. The molecule has 3 nitrogen and oxygen atoms in total. The van der Waals surface area contributed by atoms with Crippen LogP contribution in [0, 0.1) is 0 Å². The van der Waals surface area contributed by atoms with E-state index >= 15 is 0 Å². The molecule has 0 heterocycles. The van der Waals surface area contributed by atoms with E-state index in [2.05, 4.69) is 13.8 Å². The standard InChI is InChI=1S/C19H22O3/c1-3-15-5-9-17(10-6-15)13-21-19(20)22-14-18-11-7-16(4-2)8-12-18/h5-12H,3-4,13-14H2,1-2H3. The molecule has 2 rings (SSSR count). The molecule has 0 bridgehead atoms. The van der Waals surface area contributed by atoms with Gasteiger partial charge in [0.25, 0.3) is 0 Å². The quantitative estimate of drug-likeness (QED) is 0.727. The third kappa shape index (κ3) is 4.92. The number of carbonyl (C=O) groups is 1. The molecule has 0 spiro atoms. The van der Waals surface area contributed by atoms with Crippen molar-refractivity contribution in [2.24, 2.45) is 0 Å². The van der Waals surface area contributed by atoms with E-state index in [1.807, 2.05) is 48.5 Å². The van der Waals surface area contributed by atoms with E-state index in [1.54, 1.807) is 0 Å². The highest BCUT2D eigenvalue weighted by atomic mass is 16.7. The van der Waals surface area contributed by atoms with Gasteiger partial charge < -0.3 is 9.47 Å². The van der Waals surface area contributed by atoms with E-state index in [-0.39, 0.29) is 13.2 Å². The SMILES string of the molecule is CCc1ccc(COC(=O)OCc2ccc(CC)cc2)cc1. The van der Waals surface area contributed by atoms with Crippen molar-refractivity contribution < 1.29 is 14.3 Å². The molecule has 2 aromatic rings. The van der Waals surface area contributed by atoms with Gasteiger partial charge in [0.05, 0.1) is 0 Å². The maximum absolute atomic E-state index is 11.6. The molecule has 22 heavy (non-hydrogen) atoms. The Balaban J connectivity index is 1.74. The van der Waals surface area contributed by atoms with Crippen LogP contribution in [-0.4, -0.2) is 6.16 Å². The van der Waals surface area contributed by atoms with Gasteiger partial charge in [-0.15, -0.1) is 0 Å². The van der Waals surface area contributed by atoms with Crippen molar-refractivity contribution in [1.82, 2.24) is 0 Å². The molecule has 0 amide bonds. The summed E-state index contributed by atoms with van der Waals surface area (Å²) >= 11 is 0. The number of aryl methyl sites for hydroxylation is 2. The van der Waals surface area contributed by atoms with E-state index in [0.29, 0.717) is 0 Å². The zero-order chi connectivity index (χ0) is 15.8. The van der Waals surface area contributed by atoms with Gasteiger partial charge in [0.1, 0.15) is 13.2 Å².